The zero-order valence-electron chi connectivity index (χ0n) is 22.1. The van der Waals surface area contributed by atoms with Crippen molar-refractivity contribution >= 4 is 43.5 Å². The van der Waals surface area contributed by atoms with Crippen molar-refractivity contribution in [3.8, 4) is 0 Å². The van der Waals surface area contributed by atoms with E-state index >= 15 is 0 Å². The van der Waals surface area contributed by atoms with Crippen LogP contribution in [0, 0.1) is 13.8 Å². The fourth-order valence-electron chi connectivity index (χ4n) is 4.22. The Morgan fingerprint density at radius 3 is 2.21 bits per heavy atom. The minimum Gasteiger partial charge on any atom is -0.355 e. The van der Waals surface area contributed by atoms with Crippen LogP contribution in [0.2, 0.25) is 0 Å². The Morgan fingerprint density at radius 1 is 0.921 bits per heavy atom. The highest BCUT2D eigenvalue weighted by Gasteiger charge is 2.33. The first-order valence-electron chi connectivity index (χ1n) is 12.5. The molecule has 0 saturated heterocycles. The average molecular weight is 601 g/mol. The molecule has 0 aromatic heterocycles. The third-order valence-corrected chi connectivity index (χ3v) is 8.44. The van der Waals surface area contributed by atoms with Crippen molar-refractivity contribution in [2.45, 2.75) is 51.6 Å². The summed E-state index contributed by atoms with van der Waals surface area (Å²) in [6, 6.07) is 20.3. The summed E-state index contributed by atoms with van der Waals surface area (Å²) in [5.74, 6) is -0.744. The number of benzene rings is 3. The molecule has 7 nitrogen and oxygen atoms in total. The molecule has 38 heavy (non-hydrogen) atoms. The largest absolute Gasteiger partial charge is 0.355 e. The third kappa shape index (κ3) is 7.23. The lowest BCUT2D eigenvalue weighted by molar-refractivity contribution is -0.140. The molecule has 1 N–H and O–H groups in total. The monoisotopic (exact) mass is 599 g/mol. The van der Waals surface area contributed by atoms with E-state index in [1.165, 1.54) is 17.0 Å². The highest BCUT2D eigenvalue weighted by atomic mass is 79.9. The summed E-state index contributed by atoms with van der Waals surface area (Å²) in [4.78, 5) is 28.5. The van der Waals surface area contributed by atoms with Crippen LogP contribution in [0.15, 0.2) is 82.2 Å². The van der Waals surface area contributed by atoms with Crippen molar-refractivity contribution < 1.29 is 18.0 Å². The Kier molecular flexibility index (Phi) is 10.1. The number of anilines is 1. The molecule has 3 aromatic rings. The summed E-state index contributed by atoms with van der Waals surface area (Å²) >= 11 is 3.41. The van der Waals surface area contributed by atoms with Gasteiger partial charge in [0.1, 0.15) is 12.6 Å². The van der Waals surface area contributed by atoms with Crippen molar-refractivity contribution in [3.05, 3.63) is 94.0 Å². The minimum absolute atomic E-state index is 0.0804. The van der Waals surface area contributed by atoms with Gasteiger partial charge in [-0.1, -0.05) is 76.4 Å². The van der Waals surface area contributed by atoms with Gasteiger partial charge in [-0.05, 0) is 63.1 Å². The highest BCUT2D eigenvalue weighted by Crippen LogP contribution is 2.27. The molecule has 1 atom stereocenters. The van der Waals surface area contributed by atoms with Gasteiger partial charge in [-0.15, -0.1) is 0 Å². The minimum atomic E-state index is -4.09. The predicted octanol–water partition coefficient (Wildman–Crippen LogP) is 5.20. The summed E-state index contributed by atoms with van der Waals surface area (Å²) in [5.41, 5.74) is 3.15. The molecule has 0 radical (unpaired) electrons. The first-order chi connectivity index (χ1) is 18.1. The first kappa shape index (κ1) is 29.4. The number of rotatable bonds is 11. The summed E-state index contributed by atoms with van der Waals surface area (Å²) in [6.07, 6.45) is 0.380. The molecule has 3 rings (SSSR count). The van der Waals surface area contributed by atoms with Gasteiger partial charge in [0, 0.05) is 17.6 Å². The standard InChI is InChI=1S/C29H34BrN3O4S/c1-5-27(29(35)31-6-2)32(19-23-10-7-9-22(4)17-23)28(34)20-33(25-12-8-11-24(30)18-25)38(36,37)26-15-13-21(3)14-16-26/h7-18,27H,5-6,19-20H2,1-4H3,(H,31,35)/t27-/m1/s1. The maximum absolute atomic E-state index is 14.0. The van der Waals surface area contributed by atoms with Gasteiger partial charge in [0.05, 0.1) is 10.6 Å². The Balaban J connectivity index is 2.06. The lowest BCUT2D eigenvalue weighted by Crippen LogP contribution is -2.52. The van der Waals surface area contributed by atoms with E-state index in [2.05, 4.69) is 21.2 Å². The van der Waals surface area contributed by atoms with Crippen LogP contribution in [0.4, 0.5) is 5.69 Å². The Labute approximate surface area is 234 Å². The molecule has 0 heterocycles. The molecular formula is C29H34BrN3O4S. The maximum atomic E-state index is 14.0. The van der Waals surface area contributed by atoms with Crippen LogP contribution in [0.3, 0.4) is 0 Å². The van der Waals surface area contributed by atoms with Crippen LogP contribution in [-0.4, -0.2) is 44.3 Å². The van der Waals surface area contributed by atoms with Gasteiger partial charge in [0.25, 0.3) is 10.0 Å². The smallest absolute Gasteiger partial charge is 0.264 e. The second kappa shape index (κ2) is 13.1. The quantitative estimate of drug-likeness (QED) is 0.328. The van der Waals surface area contributed by atoms with Gasteiger partial charge in [-0.3, -0.25) is 13.9 Å². The van der Waals surface area contributed by atoms with Crippen molar-refractivity contribution in [1.29, 1.82) is 0 Å². The molecule has 0 fully saturated rings. The number of sulfonamides is 1. The van der Waals surface area contributed by atoms with Crippen LogP contribution in [0.25, 0.3) is 0 Å². The number of amides is 2. The topological polar surface area (TPSA) is 86.8 Å². The van der Waals surface area contributed by atoms with E-state index in [-0.39, 0.29) is 17.3 Å². The van der Waals surface area contributed by atoms with Gasteiger partial charge in [0.2, 0.25) is 11.8 Å². The Bertz CT molecular complexity index is 1380. The molecule has 0 aliphatic heterocycles. The van der Waals surface area contributed by atoms with Crippen LogP contribution in [0.1, 0.15) is 37.0 Å². The SMILES string of the molecule is CCNC(=O)[C@@H](CC)N(Cc1cccc(C)c1)C(=O)CN(c1cccc(Br)c1)S(=O)(=O)c1ccc(C)cc1. The Morgan fingerprint density at radius 2 is 1.61 bits per heavy atom. The maximum Gasteiger partial charge on any atom is 0.264 e. The molecule has 9 heteroatoms. The second-order valence-electron chi connectivity index (χ2n) is 9.13. The van der Waals surface area contributed by atoms with E-state index in [0.29, 0.717) is 23.1 Å². The van der Waals surface area contributed by atoms with Gasteiger partial charge in [-0.2, -0.15) is 0 Å². The average Bonchev–Trinajstić information content (AvgIpc) is 2.87. The Hall–Kier alpha value is -3.17. The van der Waals surface area contributed by atoms with Crippen LogP contribution in [-0.2, 0) is 26.2 Å². The number of carbonyl (C=O) groups is 2. The summed E-state index contributed by atoms with van der Waals surface area (Å²) < 4.78 is 29.5. The number of likely N-dealkylation sites (N-methyl/N-ethyl adjacent to an activating group) is 1. The van der Waals surface area contributed by atoms with Gasteiger partial charge in [-0.25, -0.2) is 8.42 Å². The number of nitrogens with zero attached hydrogens (tertiary/aromatic N) is 2. The summed E-state index contributed by atoms with van der Waals surface area (Å²) in [6.45, 7) is 7.63. The van der Waals surface area contributed by atoms with Gasteiger partial charge >= 0.3 is 0 Å². The molecule has 0 aliphatic carbocycles. The normalized spacial score (nSPS) is 12.0. The fourth-order valence-corrected chi connectivity index (χ4v) is 6.01. The molecule has 0 spiro atoms. The summed E-state index contributed by atoms with van der Waals surface area (Å²) in [7, 11) is -4.09. The van der Waals surface area contributed by atoms with Gasteiger partial charge < -0.3 is 10.2 Å². The fraction of sp³-hybridized carbons (Fsp3) is 0.310. The van der Waals surface area contributed by atoms with E-state index in [1.54, 1.807) is 36.4 Å². The van der Waals surface area contributed by atoms with Gasteiger partial charge in [0.15, 0.2) is 0 Å². The van der Waals surface area contributed by atoms with Crippen molar-refractivity contribution in [2.24, 2.45) is 0 Å². The molecule has 0 saturated carbocycles. The van der Waals surface area contributed by atoms with Crippen molar-refractivity contribution in [1.82, 2.24) is 10.2 Å². The highest BCUT2D eigenvalue weighted by molar-refractivity contribution is 9.10. The first-order valence-corrected chi connectivity index (χ1v) is 14.8. The van der Waals surface area contributed by atoms with E-state index in [9.17, 15) is 18.0 Å². The van der Waals surface area contributed by atoms with E-state index in [4.69, 9.17) is 0 Å². The third-order valence-electron chi connectivity index (χ3n) is 6.16. The molecule has 3 aromatic carbocycles. The number of nitrogens with one attached hydrogen (secondary N) is 1. The summed E-state index contributed by atoms with van der Waals surface area (Å²) in [5, 5.41) is 2.81. The van der Waals surface area contributed by atoms with E-state index in [0.717, 1.165) is 21.0 Å². The molecule has 0 aliphatic rings. The lowest BCUT2D eigenvalue weighted by Gasteiger charge is -2.33. The van der Waals surface area contributed by atoms with Crippen LogP contribution >= 0.6 is 15.9 Å². The molecule has 2 amide bonds. The number of aryl methyl sites for hydroxylation is 2. The predicted molar refractivity (Wildman–Crippen MR) is 154 cm³/mol. The zero-order valence-corrected chi connectivity index (χ0v) is 24.6. The lowest BCUT2D eigenvalue weighted by atomic mass is 10.1. The second-order valence-corrected chi connectivity index (χ2v) is 11.9. The molecule has 202 valence electrons. The van der Waals surface area contributed by atoms with Crippen LogP contribution in [0.5, 0.6) is 0 Å². The number of hydrogen-bond acceptors (Lipinski definition) is 4. The number of hydrogen-bond donors (Lipinski definition) is 1. The number of halogens is 1. The van der Waals surface area contributed by atoms with Crippen LogP contribution < -0.4 is 9.62 Å². The molecule has 0 unspecified atom stereocenters. The molecule has 0 bridgehead atoms. The van der Waals surface area contributed by atoms with E-state index in [1.807, 2.05) is 52.0 Å². The zero-order chi connectivity index (χ0) is 27.9. The number of carbonyl (C=O) groups excluding carboxylic acids is 2. The van der Waals surface area contributed by atoms with Crippen molar-refractivity contribution in [3.63, 3.8) is 0 Å². The molecular weight excluding hydrogens is 566 g/mol. The van der Waals surface area contributed by atoms with E-state index < -0.39 is 28.5 Å². The van der Waals surface area contributed by atoms with Crippen molar-refractivity contribution in [2.75, 3.05) is 17.4 Å².